The number of hydrogen-bond acceptors (Lipinski definition) is 4. The smallest absolute Gasteiger partial charge is 0.407 e. The van der Waals surface area contributed by atoms with Crippen molar-refractivity contribution in [3.05, 3.63) is 71.8 Å². The van der Waals surface area contributed by atoms with Gasteiger partial charge in [0.25, 0.3) is 0 Å². The second-order valence-corrected chi connectivity index (χ2v) is 8.11. The monoisotopic (exact) mass is 434 g/mol. The fourth-order valence-corrected chi connectivity index (χ4v) is 4.39. The number of fused-ring (bicyclic) bond motifs is 3. The number of carbonyl (C=O) groups is 3. The summed E-state index contributed by atoms with van der Waals surface area (Å²) in [7, 11) is 0. The molecule has 0 bridgehead atoms. The van der Waals surface area contributed by atoms with Gasteiger partial charge in [-0.05, 0) is 41.5 Å². The number of benzene rings is 2. The van der Waals surface area contributed by atoms with Crippen molar-refractivity contribution in [2.45, 2.75) is 43.7 Å². The summed E-state index contributed by atoms with van der Waals surface area (Å²) < 4.78 is 5.46. The van der Waals surface area contributed by atoms with Gasteiger partial charge >= 0.3 is 12.1 Å². The summed E-state index contributed by atoms with van der Waals surface area (Å²) in [5.74, 6) is -1.80. The maximum Gasteiger partial charge on any atom is 0.407 e. The number of carboxylic acids is 1. The van der Waals surface area contributed by atoms with E-state index in [0.29, 0.717) is 6.42 Å². The summed E-state index contributed by atoms with van der Waals surface area (Å²) in [5.41, 5.74) is 4.38. The van der Waals surface area contributed by atoms with E-state index in [2.05, 4.69) is 10.6 Å². The summed E-state index contributed by atoms with van der Waals surface area (Å²) in [4.78, 5) is 36.3. The first-order chi connectivity index (χ1) is 15.5. The zero-order chi connectivity index (χ0) is 22.5. The van der Waals surface area contributed by atoms with E-state index in [0.717, 1.165) is 35.1 Å². The van der Waals surface area contributed by atoms with Crippen LogP contribution in [-0.4, -0.2) is 41.8 Å². The van der Waals surface area contributed by atoms with E-state index in [1.54, 1.807) is 0 Å². The lowest BCUT2D eigenvalue weighted by molar-refractivity contribution is -0.140. The van der Waals surface area contributed by atoms with Gasteiger partial charge in [0.1, 0.15) is 12.6 Å². The molecule has 0 saturated carbocycles. The number of carbonyl (C=O) groups excluding carboxylic acids is 2. The number of rotatable bonds is 7. The predicted octanol–water partition coefficient (Wildman–Crippen LogP) is 3.59. The molecule has 2 aliphatic rings. The van der Waals surface area contributed by atoms with Crippen molar-refractivity contribution >= 4 is 18.0 Å². The molecule has 166 valence electrons. The maximum atomic E-state index is 12.6. The third-order valence-corrected chi connectivity index (χ3v) is 5.95. The molecule has 3 N–H and O–H groups in total. The zero-order valence-corrected chi connectivity index (χ0v) is 17.6. The van der Waals surface area contributed by atoms with Gasteiger partial charge in [0.2, 0.25) is 5.91 Å². The first kappa shape index (κ1) is 21.6. The molecule has 2 unspecified atom stereocenters. The van der Waals surface area contributed by atoms with Crippen LogP contribution in [0.1, 0.15) is 42.7 Å². The quantitative estimate of drug-likeness (QED) is 0.578. The van der Waals surface area contributed by atoms with Crippen molar-refractivity contribution in [1.82, 2.24) is 10.6 Å². The highest BCUT2D eigenvalue weighted by Gasteiger charge is 2.30. The van der Waals surface area contributed by atoms with Gasteiger partial charge in [-0.15, -0.1) is 0 Å². The Bertz CT molecular complexity index is 1000. The van der Waals surface area contributed by atoms with Crippen molar-refractivity contribution in [2.75, 3.05) is 6.61 Å². The van der Waals surface area contributed by atoms with Crippen LogP contribution in [0, 0.1) is 0 Å². The molecule has 2 aromatic carbocycles. The van der Waals surface area contributed by atoms with Crippen LogP contribution in [0.5, 0.6) is 0 Å². The molecule has 4 rings (SSSR count). The fraction of sp³-hybridized carbons (Fsp3) is 0.320. The van der Waals surface area contributed by atoms with Crippen molar-refractivity contribution in [1.29, 1.82) is 0 Å². The van der Waals surface area contributed by atoms with Gasteiger partial charge in [0.15, 0.2) is 0 Å². The molecular weight excluding hydrogens is 408 g/mol. The lowest BCUT2D eigenvalue weighted by Crippen LogP contribution is -2.50. The van der Waals surface area contributed by atoms with Crippen LogP contribution in [0.4, 0.5) is 4.79 Å². The molecule has 7 nitrogen and oxygen atoms in total. The predicted molar refractivity (Wildman–Crippen MR) is 119 cm³/mol. The molecule has 2 atom stereocenters. The summed E-state index contributed by atoms with van der Waals surface area (Å²) in [6, 6.07) is 14.7. The number of amides is 2. The Morgan fingerprint density at radius 1 is 1.00 bits per heavy atom. The molecule has 0 radical (unpaired) electrons. The van der Waals surface area contributed by atoms with Crippen LogP contribution in [0.3, 0.4) is 0 Å². The van der Waals surface area contributed by atoms with E-state index in [1.807, 2.05) is 60.7 Å². The molecule has 32 heavy (non-hydrogen) atoms. The van der Waals surface area contributed by atoms with Crippen LogP contribution in [0.15, 0.2) is 60.7 Å². The van der Waals surface area contributed by atoms with Crippen molar-refractivity contribution in [3.8, 4) is 11.1 Å². The molecule has 7 heteroatoms. The third-order valence-electron chi connectivity index (χ3n) is 5.95. The average Bonchev–Trinajstić information content (AvgIpc) is 3.11. The largest absolute Gasteiger partial charge is 0.481 e. The van der Waals surface area contributed by atoms with Crippen molar-refractivity contribution in [3.63, 3.8) is 0 Å². The molecule has 0 saturated heterocycles. The van der Waals surface area contributed by atoms with Gasteiger partial charge in [-0.1, -0.05) is 60.7 Å². The van der Waals surface area contributed by atoms with Crippen molar-refractivity contribution in [2.24, 2.45) is 0 Å². The van der Waals surface area contributed by atoms with Crippen LogP contribution < -0.4 is 10.6 Å². The number of aliphatic carboxylic acids is 1. The zero-order valence-electron chi connectivity index (χ0n) is 17.6. The Morgan fingerprint density at radius 3 is 2.25 bits per heavy atom. The second kappa shape index (κ2) is 9.68. The van der Waals surface area contributed by atoms with E-state index in [1.165, 1.54) is 0 Å². The highest BCUT2D eigenvalue weighted by atomic mass is 16.5. The Labute approximate surface area is 186 Å². The van der Waals surface area contributed by atoms with Gasteiger partial charge in [-0.2, -0.15) is 0 Å². The summed E-state index contributed by atoms with van der Waals surface area (Å²) in [5, 5.41) is 14.5. The number of hydrogen-bond donors (Lipinski definition) is 3. The summed E-state index contributed by atoms with van der Waals surface area (Å²) in [6.07, 6.45) is 5.04. The number of carboxylic acid groups (broad SMARTS) is 1. The first-order valence-electron chi connectivity index (χ1n) is 10.8. The molecule has 2 amide bonds. The van der Waals surface area contributed by atoms with E-state index < -0.39 is 30.4 Å². The molecular formula is C25H26N2O5. The van der Waals surface area contributed by atoms with Gasteiger partial charge in [0.05, 0.1) is 6.42 Å². The van der Waals surface area contributed by atoms with Crippen LogP contribution >= 0.6 is 0 Å². The molecule has 0 fully saturated rings. The minimum Gasteiger partial charge on any atom is -0.481 e. The first-order valence-corrected chi connectivity index (χ1v) is 10.8. The van der Waals surface area contributed by atoms with Gasteiger partial charge in [-0.25, -0.2) is 4.79 Å². The van der Waals surface area contributed by atoms with E-state index in [9.17, 15) is 19.5 Å². The average molecular weight is 434 g/mol. The van der Waals surface area contributed by atoms with Crippen LogP contribution in [0.2, 0.25) is 0 Å². The molecule has 2 aliphatic carbocycles. The normalized spacial score (nSPS) is 17.7. The molecule has 0 spiro atoms. The highest BCUT2D eigenvalue weighted by Crippen LogP contribution is 2.44. The van der Waals surface area contributed by atoms with Gasteiger partial charge in [-0.3, -0.25) is 9.59 Å². The highest BCUT2D eigenvalue weighted by molar-refractivity contribution is 5.89. The third kappa shape index (κ3) is 4.82. The molecule has 2 aromatic rings. The minimum atomic E-state index is -1.20. The topological polar surface area (TPSA) is 105 Å². The molecule has 0 heterocycles. The van der Waals surface area contributed by atoms with E-state index in [4.69, 9.17) is 4.74 Å². The Morgan fingerprint density at radius 2 is 1.66 bits per heavy atom. The van der Waals surface area contributed by atoms with Crippen LogP contribution in [0.25, 0.3) is 11.1 Å². The maximum absolute atomic E-state index is 12.6. The van der Waals surface area contributed by atoms with Crippen molar-refractivity contribution < 1.29 is 24.2 Å². The van der Waals surface area contributed by atoms with Gasteiger partial charge in [0, 0.05) is 12.0 Å². The number of allylic oxidation sites excluding steroid dienone is 1. The van der Waals surface area contributed by atoms with Crippen LogP contribution in [-0.2, 0) is 14.3 Å². The number of alkyl carbamates (subject to hydrolysis) is 1. The lowest BCUT2D eigenvalue weighted by Gasteiger charge is -2.23. The minimum absolute atomic E-state index is 0.0619. The standard InChI is InChI=1S/C25H26N2O5/c28-23(29)14-22(24(30)26-16-8-2-1-3-9-16)27-25(31)32-15-21-19-12-6-4-10-17(19)18-11-5-7-13-20(18)21/h1-2,4-7,10-13,16,21-22H,3,8-9,14-15H2,(H,26,30)(H,27,31)(H,28,29). The second-order valence-electron chi connectivity index (χ2n) is 8.11. The fourth-order valence-electron chi connectivity index (χ4n) is 4.39. The Balaban J connectivity index is 1.40. The molecule has 0 aliphatic heterocycles. The number of ether oxygens (including phenoxy) is 1. The summed E-state index contributed by atoms with van der Waals surface area (Å²) in [6.45, 7) is 0.0920. The number of nitrogens with one attached hydrogen (secondary N) is 2. The summed E-state index contributed by atoms with van der Waals surface area (Å²) >= 11 is 0. The Kier molecular flexibility index (Phi) is 6.54. The van der Waals surface area contributed by atoms with Gasteiger partial charge < -0.3 is 20.5 Å². The van der Waals surface area contributed by atoms with E-state index >= 15 is 0 Å². The van der Waals surface area contributed by atoms with E-state index in [-0.39, 0.29) is 18.6 Å². The lowest BCUT2D eigenvalue weighted by atomic mass is 9.98. The Hall–Kier alpha value is -3.61. The SMILES string of the molecule is O=C(O)CC(NC(=O)OCC1c2ccccc2-c2ccccc21)C(=O)NC1CC=CCC1. The molecule has 0 aromatic heterocycles.